The first-order valence-corrected chi connectivity index (χ1v) is 8.62. The van der Waals surface area contributed by atoms with Crippen molar-refractivity contribution in [3.63, 3.8) is 0 Å². The number of benzene rings is 1. The second-order valence-corrected chi connectivity index (χ2v) is 6.62. The topological polar surface area (TPSA) is 64.6 Å². The van der Waals surface area contributed by atoms with Crippen LogP contribution in [0.2, 0.25) is 0 Å². The minimum absolute atomic E-state index is 0.148. The van der Waals surface area contributed by atoms with E-state index in [1.807, 2.05) is 32.2 Å². The first kappa shape index (κ1) is 15.9. The van der Waals surface area contributed by atoms with Gasteiger partial charge in [-0.25, -0.2) is 14.8 Å². The number of aryl methyl sites for hydroxylation is 2. The highest BCUT2D eigenvalue weighted by atomic mass is 16.5. The molecule has 2 aliphatic heterocycles. The highest BCUT2D eigenvalue weighted by Crippen LogP contribution is 2.28. The summed E-state index contributed by atoms with van der Waals surface area (Å²) in [6.45, 7) is 6.12. The van der Waals surface area contributed by atoms with Gasteiger partial charge in [-0.3, -0.25) is 0 Å². The van der Waals surface area contributed by atoms with E-state index in [9.17, 15) is 4.79 Å². The molecule has 0 amide bonds. The highest BCUT2D eigenvalue weighted by molar-refractivity contribution is 5.93. The predicted molar refractivity (Wildman–Crippen MR) is 92.9 cm³/mol. The number of hydrogen-bond donors (Lipinski definition) is 0. The Morgan fingerprint density at radius 3 is 2.84 bits per heavy atom. The van der Waals surface area contributed by atoms with Crippen molar-refractivity contribution < 1.29 is 14.3 Å². The lowest BCUT2D eigenvalue weighted by molar-refractivity contribution is 0.0534. The lowest BCUT2D eigenvalue weighted by Crippen LogP contribution is -2.39. The van der Waals surface area contributed by atoms with Crippen molar-refractivity contribution in [1.29, 1.82) is 0 Å². The van der Waals surface area contributed by atoms with Crippen molar-refractivity contribution in [2.45, 2.75) is 39.4 Å². The fourth-order valence-corrected chi connectivity index (χ4v) is 3.38. The zero-order chi connectivity index (χ0) is 17.4. The first-order chi connectivity index (χ1) is 12.1. The summed E-state index contributed by atoms with van der Waals surface area (Å²) in [6.07, 6.45) is 3.87. The SMILES string of the molecule is Cc1ncc(C)c(N2CCC(Oc3ccc4c(c3)C(=O)OC4)CC2)n1. The Morgan fingerprint density at radius 2 is 2.04 bits per heavy atom. The van der Waals surface area contributed by atoms with E-state index in [1.54, 1.807) is 6.07 Å². The third-order valence-electron chi connectivity index (χ3n) is 4.77. The molecule has 2 aromatic rings. The minimum Gasteiger partial charge on any atom is -0.490 e. The van der Waals surface area contributed by atoms with Crippen LogP contribution in [0.25, 0.3) is 0 Å². The molecule has 6 nitrogen and oxygen atoms in total. The molecular weight excluding hydrogens is 318 g/mol. The summed E-state index contributed by atoms with van der Waals surface area (Å²) in [4.78, 5) is 22.8. The highest BCUT2D eigenvalue weighted by Gasteiger charge is 2.25. The summed E-state index contributed by atoms with van der Waals surface area (Å²) in [6, 6.07) is 5.64. The Kier molecular flexibility index (Phi) is 4.03. The molecule has 2 aliphatic rings. The summed E-state index contributed by atoms with van der Waals surface area (Å²) < 4.78 is 11.1. The van der Waals surface area contributed by atoms with E-state index in [1.165, 1.54) is 0 Å². The van der Waals surface area contributed by atoms with Gasteiger partial charge < -0.3 is 14.4 Å². The van der Waals surface area contributed by atoms with Crippen LogP contribution >= 0.6 is 0 Å². The van der Waals surface area contributed by atoms with E-state index in [0.29, 0.717) is 12.2 Å². The molecule has 0 spiro atoms. The average molecular weight is 339 g/mol. The number of aromatic nitrogens is 2. The monoisotopic (exact) mass is 339 g/mol. The predicted octanol–water partition coefficient (Wildman–Crippen LogP) is 2.81. The van der Waals surface area contributed by atoms with E-state index in [2.05, 4.69) is 14.9 Å². The van der Waals surface area contributed by atoms with E-state index >= 15 is 0 Å². The molecule has 1 saturated heterocycles. The lowest BCUT2D eigenvalue weighted by atomic mass is 10.1. The molecule has 1 fully saturated rings. The molecule has 0 aliphatic carbocycles. The van der Waals surface area contributed by atoms with Gasteiger partial charge in [0.05, 0.1) is 5.56 Å². The van der Waals surface area contributed by atoms with Gasteiger partial charge in [0, 0.05) is 43.3 Å². The largest absolute Gasteiger partial charge is 0.490 e. The van der Waals surface area contributed by atoms with Crippen LogP contribution < -0.4 is 9.64 Å². The average Bonchev–Trinajstić information content (AvgIpc) is 2.99. The zero-order valence-electron chi connectivity index (χ0n) is 14.5. The number of carbonyl (C=O) groups is 1. The molecule has 0 bridgehead atoms. The number of rotatable bonds is 3. The van der Waals surface area contributed by atoms with Crippen molar-refractivity contribution in [2.75, 3.05) is 18.0 Å². The fraction of sp³-hybridized carbons (Fsp3) is 0.421. The van der Waals surface area contributed by atoms with Crippen molar-refractivity contribution in [3.05, 3.63) is 46.9 Å². The summed E-state index contributed by atoms with van der Waals surface area (Å²) in [5.74, 6) is 2.30. The van der Waals surface area contributed by atoms with Crippen LogP contribution in [0.4, 0.5) is 5.82 Å². The van der Waals surface area contributed by atoms with Crippen molar-refractivity contribution >= 4 is 11.8 Å². The molecule has 0 atom stereocenters. The van der Waals surface area contributed by atoms with Crippen LogP contribution in [0.5, 0.6) is 5.75 Å². The minimum atomic E-state index is -0.259. The standard InChI is InChI=1S/C19H21N3O3/c1-12-10-20-13(2)21-18(12)22-7-5-15(6-8-22)25-16-4-3-14-11-24-19(23)17(14)9-16/h3-4,9-10,15H,5-8,11H2,1-2H3. The third-order valence-corrected chi connectivity index (χ3v) is 4.77. The van der Waals surface area contributed by atoms with Gasteiger partial charge in [-0.2, -0.15) is 0 Å². The second kappa shape index (κ2) is 6.35. The third kappa shape index (κ3) is 3.16. The van der Waals surface area contributed by atoms with Crippen LogP contribution in [0.15, 0.2) is 24.4 Å². The summed E-state index contributed by atoms with van der Waals surface area (Å²) >= 11 is 0. The molecule has 0 unspecified atom stereocenters. The van der Waals surface area contributed by atoms with Gasteiger partial charge >= 0.3 is 5.97 Å². The van der Waals surface area contributed by atoms with Gasteiger partial charge in [0.25, 0.3) is 0 Å². The Hall–Kier alpha value is -2.63. The van der Waals surface area contributed by atoms with Crippen LogP contribution in [0.1, 0.15) is 40.2 Å². The van der Waals surface area contributed by atoms with E-state index in [-0.39, 0.29) is 12.1 Å². The van der Waals surface area contributed by atoms with E-state index in [0.717, 1.165) is 54.4 Å². The number of piperidine rings is 1. The Morgan fingerprint density at radius 1 is 1.24 bits per heavy atom. The zero-order valence-corrected chi connectivity index (χ0v) is 14.5. The second-order valence-electron chi connectivity index (χ2n) is 6.62. The number of hydrogen-bond acceptors (Lipinski definition) is 6. The Bertz CT molecular complexity index is 814. The molecule has 1 aromatic heterocycles. The van der Waals surface area contributed by atoms with Crippen molar-refractivity contribution in [1.82, 2.24) is 9.97 Å². The maximum absolute atomic E-state index is 11.7. The lowest BCUT2D eigenvalue weighted by Gasteiger charge is -2.33. The van der Waals surface area contributed by atoms with Crippen molar-refractivity contribution in [2.24, 2.45) is 0 Å². The Labute approximate surface area is 146 Å². The van der Waals surface area contributed by atoms with Gasteiger partial charge in [0.1, 0.15) is 30.1 Å². The fourth-order valence-electron chi connectivity index (χ4n) is 3.38. The number of carbonyl (C=O) groups excluding carboxylic acids is 1. The number of esters is 1. The molecule has 4 rings (SSSR count). The maximum atomic E-state index is 11.7. The van der Waals surface area contributed by atoms with Gasteiger partial charge in [0.2, 0.25) is 0 Å². The molecule has 130 valence electrons. The molecule has 0 saturated carbocycles. The van der Waals surface area contributed by atoms with E-state index < -0.39 is 0 Å². The van der Waals surface area contributed by atoms with Crippen LogP contribution in [-0.2, 0) is 11.3 Å². The molecule has 3 heterocycles. The quantitative estimate of drug-likeness (QED) is 0.801. The van der Waals surface area contributed by atoms with Crippen LogP contribution in [0, 0.1) is 13.8 Å². The number of fused-ring (bicyclic) bond motifs is 1. The van der Waals surface area contributed by atoms with Gasteiger partial charge in [-0.05, 0) is 26.0 Å². The number of ether oxygens (including phenoxy) is 2. The molecular formula is C19H21N3O3. The van der Waals surface area contributed by atoms with Crippen molar-refractivity contribution in [3.8, 4) is 5.75 Å². The number of nitrogens with zero attached hydrogens (tertiary/aromatic N) is 3. The summed E-state index contributed by atoms with van der Waals surface area (Å²) in [5.41, 5.74) is 2.66. The van der Waals surface area contributed by atoms with Crippen LogP contribution in [0.3, 0.4) is 0 Å². The molecule has 1 aromatic carbocycles. The molecule has 0 radical (unpaired) electrons. The summed E-state index contributed by atoms with van der Waals surface area (Å²) in [7, 11) is 0. The van der Waals surface area contributed by atoms with Gasteiger partial charge in [-0.15, -0.1) is 0 Å². The summed E-state index contributed by atoms with van der Waals surface area (Å²) in [5, 5.41) is 0. The smallest absolute Gasteiger partial charge is 0.339 e. The first-order valence-electron chi connectivity index (χ1n) is 8.62. The van der Waals surface area contributed by atoms with E-state index in [4.69, 9.17) is 9.47 Å². The molecule has 6 heteroatoms. The maximum Gasteiger partial charge on any atom is 0.339 e. The van der Waals surface area contributed by atoms with Gasteiger partial charge in [-0.1, -0.05) is 6.07 Å². The number of cyclic esters (lactones) is 1. The normalized spacial score (nSPS) is 17.4. The molecule has 25 heavy (non-hydrogen) atoms. The van der Waals surface area contributed by atoms with Gasteiger partial charge in [0.15, 0.2) is 0 Å². The van der Waals surface area contributed by atoms with Crippen LogP contribution in [-0.4, -0.2) is 35.1 Å². The molecule has 0 N–H and O–H groups in total. The number of anilines is 1. The Balaban J connectivity index is 1.40.